The van der Waals surface area contributed by atoms with Gasteiger partial charge in [0.05, 0.1) is 0 Å². The number of hydrogen-bond acceptors (Lipinski definition) is 2. The molecule has 1 aromatic carbocycles. The number of nitrogens with one attached hydrogen (secondary N) is 2. The monoisotopic (exact) mass is 338 g/mol. The molecule has 1 rings (SSSR count). The average Bonchev–Trinajstić information content (AvgIpc) is 2.43. The Morgan fingerprint density at radius 3 is 2.09 bits per heavy atom. The van der Waals surface area contributed by atoms with Crippen LogP contribution in [0.1, 0.15) is 46.1 Å². The number of amides is 2. The van der Waals surface area contributed by atoms with Crippen molar-refractivity contribution in [1.82, 2.24) is 10.6 Å². The molecule has 0 spiro atoms. The van der Waals surface area contributed by atoms with Crippen LogP contribution in [-0.2, 0) is 16.0 Å². The molecule has 0 bridgehead atoms. The molecular formula is C18H27ClN2O2. The second-order valence-corrected chi connectivity index (χ2v) is 6.89. The van der Waals surface area contributed by atoms with E-state index in [0.29, 0.717) is 24.3 Å². The lowest BCUT2D eigenvalue weighted by atomic mass is 9.93. The normalized spacial score (nSPS) is 12.3. The van der Waals surface area contributed by atoms with E-state index in [4.69, 9.17) is 11.6 Å². The lowest BCUT2D eigenvalue weighted by Gasteiger charge is -2.19. The fraction of sp³-hybridized carbons (Fsp3) is 0.556. The minimum Gasteiger partial charge on any atom is -0.354 e. The highest BCUT2D eigenvalue weighted by atomic mass is 35.5. The molecule has 0 aliphatic rings. The highest BCUT2D eigenvalue weighted by Crippen LogP contribution is 2.17. The van der Waals surface area contributed by atoms with Gasteiger partial charge >= 0.3 is 0 Å². The summed E-state index contributed by atoms with van der Waals surface area (Å²) in [5.74, 6) is -0.248. The Hall–Kier alpha value is -1.55. The van der Waals surface area contributed by atoms with Gasteiger partial charge in [0.1, 0.15) is 0 Å². The first kappa shape index (κ1) is 19.5. The lowest BCUT2D eigenvalue weighted by molar-refractivity contribution is -0.126. The zero-order chi connectivity index (χ0) is 17.4. The summed E-state index contributed by atoms with van der Waals surface area (Å²) in [7, 11) is 0. The maximum Gasteiger partial charge on any atom is 0.223 e. The van der Waals surface area contributed by atoms with Gasteiger partial charge in [-0.15, -0.1) is 0 Å². The Balaban J connectivity index is 2.70. The number of benzene rings is 1. The largest absolute Gasteiger partial charge is 0.354 e. The molecule has 23 heavy (non-hydrogen) atoms. The van der Waals surface area contributed by atoms with Crippen LogP contribution in [0.15, 0.2) is 24.3 Å². The van der Waals surface area contributed by atoms with Crippen LogP contribution in [0.2, 0.25) is 5.02 Å². The van der Waals surface area contributed by atoms with Crippen molar-refractivity contribution in [2.24, 2.45) is 5.92 Å². The van der Waals surface area contributed by atoms with Crippen molar-refractivity contribution in [2.45, 2.75) is 59.0 Å². The molecule has 128 valence electrons. The first-order valence-corrected chi connectivity index (χ1v) is 8.50. The number of halogens is 1. The number of hydrogen-bond donors (Lipinski definition) is 2. The minimum atomic E-state index is -0.225. The predicted octanol–water partition coefficient (Wildman–Crippen LogP) is 3.33. The number of carbonyl (C=O) groups is 2. The summed E-state index contributed by atoms with van der Waals surface area (Å²) in [6.45, 7) is 7.72. The molecule has 1 atom stereocenters. The molecule has 2 amide bonds. The molecule has 0 aliphatic heterocycles. The van der Waals surface area contributed by atoms with Crippen LogP contribution >= 0.6 is 11.6 Å². The molecule has 4 nitrogen and oxygen atoms in total. The molecule has 0 saturated heterocycles. The van der Waals surface area contributed by atoms with Crippen molar-refractivity contribution in [3.05, 3.63) is 34.9 Å². The maximum absolute atomic E-state index is 12.4. The molecule has 1 unspecified atom stereocenters. The van der Waals surface area contributed by atoms with E-state index < -0.39 is 0 Å². The SMILES string of the molecule is CC(C)NC(=O)CCC(Cc1ccc(Cl)cc1)C(=O)NC(C)C. The smallest absolute Gasteiger partial charge is 0.223 e. The summed E-state index contributed by atoms with van der Waals surface area (Å²) in [5.41, 5.74) is 1.04. The van der Waals surface area contributed by atoms with E-state index in [1.54, 1.807) is 0 Å². The summed E-state index contributed by atoms with van der Waals surface area (Å²) in [6.07, 6.45) is 1.48. The van der Waals surface area contributed by atoms with Crippen LogP contribution in [0, 0.1) is 5.92 Å². The molecule has 0 heterocycles. The van der Waals surface area contributed by atoms with Crippen LogP contribution < -0.4 is 10.6 Å². The standard InChI is InChI=1S/C18H27ClN2O2/c1-12(2)20-17(22)10-7-15(18(23)21-13(3)4)11-14-5-8-16(19)9-6-14/h5-6,8-9,12-13,15H,7,10-11H2,1-4H3,(H,20,22)(H,21,23). The van der Waals surface area contributed by atoms with Crippen LogP contribution in [-0.4, -0.2) is 23.9 Å². The fourth-order valence-corrected chi connectivity index (χ4v) is 2.46. The van der Waals surface area contributed by atoms with Crippen molar-refractivity contribution >= 4 is 23.4 Å². The zero-order valence-electron chi connectivity index (χ0n) is 14.4. The summed E-state index contributed by atoms with van der Waals surface area (Å²) < 4.78 is 0. The van der Waals surface area contributed by atoms with Gasteiger partial charge < -0.3 is 10.6 Å². The Labute approximate surface area is 144 Å². The van der Waals surface area contributed by atoms with Crippen LogP contribution in [0.4, 0.5) is 0 Å². The first-order chi connectivity index (χ1) is 10.8. The Bertz CT molecular complexity index is 512. The van der Waals surface area contributed by atoms with Gasteiger partial charge in [0.25, 0.3) is 0 Å². The maximum atomic E-state index is 12.4. The zero-order valence-corrected chi connectivity index (χ0v) is 15.1. The molecule has 0 saturated carbocycles. The van der Waals surface area contributed by atoms with Crippen molar-refractivity contribution in [3.63, 3.8) is 0 Å². The van der Waals surface area contributed by atoms with Gasteiger partial charge in [0.2, 0.25) is 11.8 Å². The van der Waals surface area contributed by atoms with E-state index in [1.807, 2.05) is 52.0 Å². The third-order valence-electron chi connectivity index (χ3n) is 3.37. The number of carbonyl (C=O) groups excluding carboxylic acids is 2. The summed E-state index contributed by atoms with van der Waals surface area (Å²) in [5, 5.41) is 6.48. The lowest BCUT2D eigenvalue weighted by Crippen LogP contribution is -2.37. The van der Waals surface area contributed by atoms with E-state index in [9.17, 15) is 9.59 Å². The van der Waals surface area contributed by atoms with E-state index in [1.165, 1.54) is 0 Å². The van der Waals surface area contributed by atoms with Crippen molar-refractivity contribution in [3.8, 4) is 0 Å². The third kappa shape index (κ3) is 8.03. The molecule has 0 fully saturated rings. The van der Waals surface area contributed by atoms with Gasteiger partial charge in [-0.3, -0.25) is 9.59 Å². The average molecular weight is 339 g/mol. The Morgan fingerprint density at radius 2 is 1.57 bits per heavy atom. The third-order valence-corrected chi connectivity index (χ3v) is 3.62. The van der Waals surface area contributed by atoms with Gasteiger partial charge in [0.15, 0.2) is 0 Å². The van der Waals surface area contributed by atoms with Gasteiger partial charge in [-0.2, -0.15) is 0 Å². The quantitative estimate of drug-likeness (QED) is 0.763. The fourth-order valence-electron chi connectivity index (χ4n) is 2.33. The van der Waals surface area contributed by atoms with Crippen molar-refractivity contribution in [1.29, 1.82) is 0 Å². The molecule has 5 heteroatoms. The van der Waals surface area contributed by atoms with E-state index in [0.717, 1.165) is 5.56 Å². The highest BCUT2D eigenvalue weighted by Gasteiger charge is 2.21. The minimum absolute atomic E-state index is 0.00713. The molecule has 1 aromatic rings. The van der Waals surface area contributed by atoms with Crippen LogP contribution in [0.25, 0.3) is 0 Å². The molecule has 0 aliphatic carbocycles. The summed E-state index contributed by atoms with van der Waals surface area (Å²) in [4.78, 5) is 24.2. The predicted molar refractivity (Wildman–Crippen MR) is 94.4 cm³/mol. The Kier molecular flexibility index (Phi) is 8.10. The molecule has 0 aromatic heterocycles. The highest BCUT2D eigenvalue weighted by molar-refractivity contribution is 6.30. The van der Waals surface area contributed by atoms with Crippen LogP contribution in [0.3, 0.4) is 0 Å². The Morgan fingerprint density at radius 1 is 1.00 bits per heavy atom. The molecular weight excluding hydrogens is 312 g/mol. The van der Waals surface area contributed by atoms with Gasteiger partial charge in [-0.1, -0.05) is 23.7 Å². The second kappa shape index (κ2) is 9.56. The van der Waals surface area contributed by atoms with E-state index in [-0.39, 0.29) is 29.8 Å². The van der Waals surface area contributed by atoms with E-state index >= 15 is 0 Å². The van der Waals surface area contributed by atoms with E-state index in [2.05, 4.69) is 10.6 Å². The summed E-state index contributed by atoms with van der Waals surface area (Å²) >= 11 is 5.90. The summed E-state index contributed by atoms with van der Waals surface area (Å²) in [6, 6.07) is 7.68. The second-order valence-electron chi connectivity index (χ2n) is 6.45. The van der Waals surface area contributed by atoms with Crippen molar-refractivity contribution in [2.75, 3.05) is 0 Å². The number of rotatable bonds is 8. The topological polar surface area (TPSA) is 58.2 Å². The van der Waals surface area contributed by atoms with Crippen molar-refractivity contribution < 1.29 is 9.59 Å². The van der Waals surface area contributed by atoms with Gasteiger partial charge in [-0.25, -0.2) is 0 Å². The van der Waals surface area contributed by atoms with Gasteiger partial charge in [-0.05, 0) is 58.2 Å². The molecule has 2 N–H and O–H groups in total. The molecule has 0 radical (unpaired) electrons. The van der Waals surface area contributed by atoms with Gasteiger partial charge in [0, 0.05) is 29.4 Å². The van der Waals surface area contributed by atoms with Crippen LogP contribution in [0.5, 0.6) is 0 Å². The first-order valence-electron chi connectivity index (χ1n) is 8.12.